The van der Waals surface area contributed by atoms with Gasteiger partial charge in [0.1, 0.15) is 0 Å². The Morgan fingerprint density at radius 1 is 1.50 bits per heavy atom. The number of likely N-dealkylation sites (N-methyl/N-ethyl adjacent to an activating group) is 1. The fourth-order valence-corrected chi connectivity index (χ4v) is 3.08. The lowest BCUT2D eigenvalue weighted by atomic mass is 10.0. The van der Waals surface area contributed by atoms with Crippen LogP contribution in [-0.4, -0.2) is 35.3 Å². The minimum Gasteiger partial charge on any atom is -0.360 e. The van der Waals surface area contributed by atoms with Gasteiger partial charge in [-0.05, 0) is 38.6 Å². The first-order chi connectivity index (χ1) is 8.66. The molecular formula is C14H15BrN2O. The lowest BCUT2D eigenvalue weighted by molar-refractivity contribution is 0.0892. The number of aromatic nitrogens is 1. The standard InChI is InChI=1S/C14H15BrN2O/c1-17-6-2-3-13(17)14(18)11-8-16-12-7-9(15)4-5-10(11)12/h4-5,7-8,13,16H,2-3,6H2,1H3/t13-/m1/s1. The zero-order chi connectivity index (χ0) is 12.7. The molecule has 1 aliphatic rings. The molecule has 4 heteroatoms. The van der Waals surface area contributed by atoms with Crippen LogP contribution in [0.4, 0.5) is 0 Å². The summed E-state index contributed by atoms with van der Waals surface area (Å²) < 4.78 is 1.02. The summed E-state index contributed by atoms with van der Waals surface area (Å²) in [5.41, 5.74) is 1.82. The molecule has 3 rings (SSSR count). The maximum absolute atomic E-state index is 12.5. The molecule has 0 aliphatic carbocycles. The Balaban J connectivity index is 2.01. The van der Waals surface area contributed by atoms with Gasteiger partial charge in [-0.2, -0.15) is 0 Å². The van der Waals surface area contributed by atoms with Gasteiger partial charge in [0.15, 0.2) is 5.78 Å². The molecule has 0 spiro atoms. The van der Waals surface area contributed by atoms with Gasteiger partial charge in [-0.3, -0.25) is 9.69 Å². The Kier molecular flexibility index (Phi) is 2.99. The highest BCUT2D eigenvalue weighted by Gasteiger charge is 2.29. The topological polar surface area (TPSA) is 36.1 Å². The third-order valence-electron chi connectivity index (χ3n) is 3.73. The highest BCUT2D eigenvalue weighted by atomic mass is 79.9. The number of fused-ring (bicyclic) bond motifs is 1. The number of rotatable bonds is 2. The smallest absolute Gasteiger partial charge is 0.182 e. The molecule has 0 radical (unpaired) electrons. The summed E-state index contributed by atoms with van der Waals surface area (Å²) in [6.07, 6.45) is 3.92. The summed E-state index contributed by atoms with van der Waals surface area (Å²) in [6.45, 7) is 1.02. The molecule has 0 amide bonds. The number of aromatic amines is 1. The summed E-state index contributed by atoms with van der Waals surface area (Å²) in [4.78, 5) is 17.9. The number of hydrogen-bond acceptors (Lipinski definition) is 2. The third kappa shape index (κ3) is 1.89. The van der Waals surface area contributed by atoms with Gasteiger partial charge in [-0.15, -0.1) is 0 Å². The largest absolute Gasteiger partial charge is 0.360 e. The van der Waals surface area contributed by atoms with Gasteiger partial charge in [0.05, 0.1) is 6.04 Å². The van der Waals surface area contributed by atoms with Crippen LogP contribution in [0, 0.1) is 0 Å². The number of halogens is 1. The van der Waals surface area contributed by atoms with Crippen LogP contribution in [0.25, 0.3) is 10.9 Å². The normalized spacial score (nSPS) is 20.7. The SMILES string of the molecule is CN1CCC[C@@H]1C(=O)c1c[nH]c2cc(Br)ccc12. The molecule has 3 nitrogen and oxygen atoms in total. The minimum absolute atomic E-state index is 0.0487. The molecule has 1 saturated heterocycles. The molecule has 1 atom stereocenters. The van der Waals surface area contributed by atoms with Crippen molar-refractivity contribution in [3.05, 3.63) is 34.4 Å². The molecule has 0 bridgehead atoms. The zero-order valence-corrected chi connectivity index (χ0v) is 11.8. The number of carbonyl (C=O) groups is 1. The van der Waals surface area contributed by atoms with E-state index in [1.54, 1.807) is 0 Å². The van der Waals surface area contributed by atoms with E-state index in [0.717, 1.165) is 40.3 Å². The maximum atomic E-state index is 12.5. The second kappa shape index (κ2) is 4.52. The minimum atomic E-state index is 0.0487. The lowest BCUT2D eigenvalue weighted by Crippen LogP contribution is -2.32. The Morgan fingerprint density at radius 2 is 2.33 bits per heavy atom. The van der Waals surface area contributed by atoms with Gasteiger partial charge in [0.25, 0.3) is 0 Å². The second-order valence-corrected chi connectivity index (χ2v) is 5.81. The van der Waals surface area contributed by atoms with Gasteiger partial charge in [0.2, 0.25) is 0 Å². The molecule has 1 fully saturated rings. The van der Waals surface area contributed by atoms with Crippen molar-refractivity contribution >= 4 is 32.6 Å². The van der Waals surface area contributed by atoms with E-state index in [2.05, 4.69) is 25.8 Å². The summed E-state index contributed by atoms with van der Waals surface area (Å²) in [5.74, 6) is 0.239. The van der Waals surface area contributed by atoms with Crippen molar-refractivity contribution < 1.29 is 4.79 Å². The molecule has 18 heavy (non-hydrogen) atoms. The number of nitrogens with one attached hydrogen (secondary N) is 1. The van der Waals surface area contributed by atoms with Crippen molar-refractivity contribution in [2.24, 2.45) is 0 Å². The lowest BCUT2D eigenvalue weighted by Gasteiger charge is -2.17. The first-order valence-electron chi connectivity index (χ1n) is 6.18. The van der Waals surface area contributed by atoms with Crippen molar-refractivity contribution in [3.8, 4) is 0 Å². The Bertz CT molecular complexity index is 605. The number of hydrogen-bond donors (Lipinski definition) is 1. The Labute approximate surface area is 114 Å². The number of likely N-dealkylation sites (tertiary alicyclic amines) is 1. The van der Waals surface area contributed by atoms with E-state index >= 15 is 0 Å². The van der Waals surface area contributed by atoms with Crippen LogP contribution in [0.3, 0.4) is 0 Å². The number of Topliss-reactive ketones (excluding diaryl/α,β-unsaturated/α-hetero) is 1. The van der Waals surface area contributed by atoms with Crippen molar-refractivity contribution in [2.75, 3.05) is 13.6 Å². The van der Waals surface area contributed by atoms with Gasteiger partial charge in [-0.1, -0.05) is 22.0 Å². The van der Waals surface area contributed by atoms with E-state index in [9.17, 15) is 4.79 Å². The summed E-state index contributed by atoms with van der Waals surface area (Å²) in [7, 11) is 2.03. The highest BCUT2D eigenvalue weighted by molar-refractivity contribution is 9.10. The van der Waals surface area contributed by atoms with Crippen molar-refractivity contribution in [3.63, 3.8) is 0 Å². The molecule has 0 saturated carbocycles. The van der Waals surface area contributed by atoms with E-state index in [1.807, 2.05) is 31.4 Å². The first-order valence-corrected chi connectivity index (χ1v) is 6.97. The number of benzene rings is 1. The molecular weight excluding hydrogens is 292 g/mol. The van der Waals surface area contributed by atoms with Gasteiger partial charge in [-0.25, -0.2) is 0 Å². The van der Waals surface area contributed by atoms with E-state index in [1.165, 1.54) is 0 Å². The fraction of sp³-hybridized carbons (Fsp3) is 0.357. The third-order valence-corrected chi connectivity index (χ3v) is 4.23. The van der Waals surface area contributed by atoms with E-state index < -0.39 is 0 Å². The summed E-state index contributed by atoms with van der Waals surface area (Å²) >= 11 is 3.44. The Hall–Kier alpha value is -1.13. The Morgan fingerprint density at radius 3 is 3.06 bits per heavy atom. The predicted molar refractivity (Wildman–Crippen MR) is 76.0 cm³/mol. The molecule has 1 aliphatic heterocycles. The number of H-pyrrole nitrogens is 1. The number of carbonyl (C=O) groups excluding carboxylic acids is 1. The van der Waals surface area contributed by atoms with Gasteiger partial charge < -0.3 is 4.98 Å². The van der Waals surface area contributed by atoms with Crippen LogP contribution in [-0.2, 0) is 0 Å². The molecule has 1 aromatic heterocycles. The van der Waals surface area contributed by atoms with Crippen LogP contribution in [0.2, 0.25) is 0 Å². The van der Waals surface area contributed by atoms with Crippen LogP contribution >= 0.6 is 15.9 Å². The summed E-state index contributed by atoms with van der Waals surface area (Å²) in [5, 5.41) is 1.02. The number of nitrogens with zero attached hydrogens (tertiary/aromatic N) is 1. The molecule has 94 valence electrons. The van der Waals surface area contributed by atoms with Gasteiger partial charge in [0, 0.05) is 27.1 Å². The van der Waals surface area contributed by atoms with E-state index in [4.69, 9.17) is 0 Å². The average molecular weight is 307 g/mol. The van der Waals surface area contributed by atoms with Crippen LogP contribution < -0.4 is 0 Å². The quantitative estimate of drug-likeness (QED) is 0.865. The maximum Gasteiger partial charge on any atom is 0.182 e. The van der Waals surface area contributed by atoms with Crippen molar-refractivity contribution in [1.82, 2.24) is 9.88 Å². The van der Waals surface area contributed by atoms with Crippen molar-refractivity contribution in [2.45, 2.75) is 18.9 Å². The van der Waals surface area contributed by atoms with E-state index in [-0.39, 0.29) is 11.8 Å². The molecule has 1 N–H and O–H groups in total. The monoisotopic (exact) mass is 306 g/mol. The van der Waals surface area contributed by atoms with Crippen LogP contribution in [0.1, 0.15) is 23.2 Å². The fourth-order valence-electron chi connectivity index (χ4n) is 2.72. The highest BCUT2D eigenvalue weighted by Crippen LogP contribution is 2.26. The first kappa shape index (κ1) is 11.9. The van der Waals surface area contributed by atoms with Crippen molar-refractivity contribution in [1.29, 1.82) is 0 Å². The average Bonchev–Trinajstić information content (AvgIpc) is 2.94. The molecule has 1 aromatic carbocycles. The van der Waals surface area contributed by atoms with Crippen LogP contribution in [0.5, 0.6) is 0 Å². The number of ketones is 1. The molecule has 2 aromatic rings. The molecule has 0 unspecified atom stereocenters. The van der Waals surface area contributed by atoms with Crippen LogP contribution in [0.15, 0.2) is 28.9 Å². The van der Waals surface area contributed by atoms with E-state index in [0.29, 0.717) is 0 Å². The summed E-state index contributed by atoms with van der Waals surface area (Å²) in [6, 6.07) is 6.03. The molecule has 2 heterocycles. The second-order valence-electron chi connectivity index (χ2n) is 4.90. The predicted octanol–water partition coefficient (Wildman–Crippen LogP) is 3.21. The van der Waals surface area contributed by atoms with Gasteiger partial charge >= 0.3 is 0 Å². The zero-order valence-electron chi connectivity index (χ0n) is 10.2.